The Labute approximate surface area is 105 Å². The first-order valence-electron chi connectivity index (χ1n) is 6.89. The van der Waals surface area contributed by atoms with E-state index in [1.165, 1.54) is 63.5 Å². The molecular formula is C13H26N2S. The van der Waals surface area contributed by atoms with Crippen molar-refractivity contribution in [3.8, 4) is 0 Å². The van der Waals surface area contributed by atoms with Crippen LogP contribution < -0.4 is 5.32 Å². The molecule has 2 aliphatic rings. The first kappa shape index (κ1) is 12.7. The quantitative estimate of drug-likeness (QED) is 0.718. The molecule has 0 saturated carbocycles. The zero-order valence-electron chi connectivity index (χ0n) is 10.6. The van der Waals surface area contributed by atoms with Crippen LogP contribution in [0.4, 0.5) is 0 Å². The lowest BCUT2D eigenvalue weighted by Crippen LogP contribution is -2.30. The Morgan fingerprint density at radius 2 is 2.25 bits per heavy atom. The molecule has 3 heteroatoms. The monoisotopic (exact) mass is 242 g/mol. The SMILES string of the molecule is CCCNCC1CCN(CC2CCSC2)C1. The highest BCUT2D eigenvalue weighted by Crippen LogP contribution is 2.26. The van der Waals surface area contributed by atoms with E-state index in [4.69, 9.17) is 0 Å². The molecule has 0 radical (unpaired) electrons. The molecule has 0 aromatic rings. The molecule has 0 spiro atoms. The summed E-state index contributed by atoms with van der Waals surface area (Å²) < 4.78 is 0. The molecule has 2 atom stereocenters. The van der Waals surface area contributed by atoms with Crippen molar-refractivity contribution in [1.82, 2.24) is 10.2 Å². The number of hydrogen-bond donors (Lipinski definition) is 1. The summed E-state index contributed by atoms with van der Waals surface area (Å²) in [4.78, 5) is 2.70. The van der Waals surface area contributed by atoms with Crippen LogP contribution in [0.5, 0.6) is 0 Å². The fourth-order valence-corrected chi connectivity index (χ4v) is 4.09. The van der Waals surface area contributed by atoms with Gasteiger partial charge in [0.2, 0.25) is 0 Å². The van der Waals surface area contributed by atoms with E-state index in [2.05, 4.69) is 28.9 Å². The van der Waals surface area contributed by atoms with Crippen molar-refractivity contribution in [3.05, 3.63) is 0 Å². The summed E-state index contributed by atoms with van der Waals surface area (Å²) in [6.45, 7) is 8.74. The second-order valence-corrected chi connectivity index (χ2v) is 6.50. The molecule has 2 saturated heterocycles. The Balaban J connectivity index is 1.59. The molecule has 2 nitrogen and oxygen atoms in total. The third kappa shape index (κ3) is 3.94. The van der Waals surface area contributed by atoms with E-state index < -0.39 is 0 Å². The molecule has 0 aromatic carbocycles. The molecule has 2 fully saturated rings. The van der Waals surface area contributed by atoms with Crippen molar-refractivity contribution in [1.29, 1.82) is 0 Å². The van der Waals surface area contributed by atoms with Crippen molar-refractivity contribution >= 4 is 11.8 Å². The van der Waals surface area contributed by atoms with E-state index in [1.54, 1.807) is 0 Å². The molecule has 2 aliphatic heterocycles. The highest BCUT2D eigenvalue weighted by atomic mass is 32.2. The Morgan fingerprint density at radius 1 is 1.31 bits per heavy atom. The Hall–Kier alpha value is 0.270. The largest absolute Gasteiger partial charge is 0.316 e. The molecule has 1 N–H and O–H groups in total. The van der Waals surface area contributed by atoms with Gasteiger partial charge in [0, 0.05) is 13.1 Å². The predicted molar refractivity (Wildman–Crippen MR) is 73.1 cm³/mol. The van der Waals surface area contributed by atoms with Gasteiger partial charge in [-0.05, 0) is 62.2 Å². The van der Waals surface area contributed by atoms with Crippen LogP contribution >= 0.6 is 11.8 Å². The second-order valence-electron chi connectivity index (χ2n) is 5.35. The third-order valence-corrected chi connectivity index (χ3v) is 5.00. The van der Waals surface area contributed by atoms with Gasteiger partial charge in [-0.15, -0.1) is 0 Å². The highest BCUT2D eigenvalue weighted by Gasteiger charge is 2.25. The number of hydrogen-bond acceptors (Lipinski definition) is 3. The number of likely N-dealkylation sites (tertiary alicyclic amines) is 1. The summed E-state index contributed by atoms with van der Waals surface area (Å²) in [6.07, 6.45) is 4.13. The number of rotatable bonds is 6. The fourth-order valence-electron chi connectivity index (χ4n) is 2.82. The zero-order valence-corrected chi connectivity index (χ0v) is 11.4. The van der Waals surface area contributed by atoms with Crippen LogP contribution in [0.1, 0.15) is 26.2 Å². The van der Waals surface area contributed by atoms with Crippen molar-refractivity contribution in [2.75, 3.05) is 44.2 Å². The minimum absolute atomic E-state index is 0.917. The first-order valence-corrected chi connectivity index (χ1v) is 8.04. The minimum Gasteiger partial charge on any atom is -0.316 e. The topological polar surface area (TPSA) is 15.3 Å². The normalized spacial score (nSPS) is 31.3. The van der Waals surface area contributed by atoms with Gasteiger partial charge in [-0.2, -0.15) is 11.8 Å². The number of nitrogens with zero attached hydrogens (tertiary/aromatic N) is 1. The summed E-state index contributed by atoms with van der Waals surface area (Å²) in [6, 6.07) is 0. The molecule has 2 unspecified atom stereocenters. The summed E-state index contributed by atoms with van der Waals surface area (Å²) in [5.41, 5.74) is 0. The Morgan fingerprint density at radius 3 is 3.00 bits per heavy atom. The predicted octanol–water partition coefficient (Wildman–Crippen LogP) is 2.06. The summed E-state index contributed by atoms with van der Waals surface area (Å²) in [5.74, 6) is 4.72. The lowest BCUT2D eigenvalue weighted by molar-refractivity contribution is 0.279. The number of thioether (sulfide) groups is 1. The molecule has 0 amide bonds. The molecule has 0 aliphatic carbocycles. The van der Waals surface area contributed by atoms with Gasteiger partial charge in [-0.25, -0.2) is 0 Å². The summed E-state index contributed by atoms with van der Waals surface area (Å²) >= 11 is 2.14. The molecule has 94 valence electrons. The van der Waals surface area contributed by atoms with Crippen molar-refractivity contribution in [2.45, 2.75) is 26.2 Å². The van der Waals surface area contributed by atoms with Crippen LogP contribution in [0.25, 0.3) is 0 Å². The van der Waals surface area contributed by atoms with Gasteiger partial charge in [0.1, 0.15) is 0 Å². The molecule has 16 heavy (non-hydrogen) atoms. The van der Waals surface area contributed by atoms with Crippen LogP contribution in [-0.4, -0.2) is 49.1 Å². The number of nitrogens with one attached hydrogen (secondary N) is 1. The molecule has 0 bridgehead atoms. The lowest BCUT2D eigenvalue weighted by Gasteiger charge is -2.19. The van der Waals surface area contributed by atoms with Gasteiger partial charge in [0.05, 0.1) is 0 Å². The van der Waals surface area contributed by atoms with Crippen LogP contribution in [0.15, 0.2) is 0 Å². The maximum absolute atomic E-state index is 3.56. The molecule has 2 rings (SSSR count). The van der Waals surface area contributed by atoms with Gasteiger partial charge >= 0.3 is 0 Å². The molecular weight excluding hydrogens is 216 g/mol. The van der Waals surface area contributed by atoms with E-state index in [9.17, 15) is 0 Å². The van der Waals surface area contributed by atoms with E-state index >= 15 is 0 Å². The maximum Gasteiger partial charge on any atom is 0.00224 e. The van der Waals surface area contributed by atoms with Crippen molar-refractivity contribution in [3.63, 3.8) is 0 Å². The van der Waals surface area contributed by atoms with Crippen LogP contribution in [-0.2, 0) is 0 Å². The van der Waals surface area contributed by atoms with E-state index in [0.29, 0.717) is 0 Å². The average molecular weight is 242 g/mol. The maximum atomic E-state index is 3.56. The lowest BCUT2D eigenvalue weighted by atomic mass is 10.1. The Kier molecular flexibility index (Phi) is 5.46. The van der Waals surface area contributed by atoms with Crippen molar-refractivity contribution in [2.24, 2.45) is 11.8 Å². The Bertz CT molecular complexity index is 192. The van der Waals surface area contributed by atoms with E-state index in [1.807, 2.05) is 0 Å². The van der Waals surface area contributed by atoms with Gasteiger partial charge in [0.15, 0.2) is 0 Å². The highest BCUT2D eigenvalue weighted by molar-refractivity contribution is 7.99. The smallest absolute Gasteiger partial charge is 0.00224 e. The second kappa shape index (κ2) is 6.87. The van der Waals surface area contributed by atoms with Gasteiger partial charge in [-0.3, -0.25) is 0 Å². The van der Waals surface area contributed by atoms with Crippen LogP contribution in [0.3, 0.4) is 0 Å². The summed E-state index contributed by atoms with van der Waals surface area (Å²) in [7, 11) is 0. The van der Waals surface area contributed by atoms with E-state index in [-0.39, 0.29) is 0 Å². The molecule has 2 heterocycles. The summed E-state index contributed by atoms with van der Waals surface area (Å²) in [5, 5.41) is 3.56. The standard InChI is InChI=1S/C13H26N2S/c1-2-5-14-8-12-3-6-15(9-12)10-13-4-7-16-11-13/h12-14H,2-11H2,1H3. The minimum atomic E-state index is 0.917. The van der Waals surface area contributed by atoms with Crippen LogP contribution in [0, 0.1) is 11.8 Å². The van der Waals surface area contributed by atoms with E-state index in [0.717, 1.165) is 11.8 Å². The fraction of sp³-hybridized carbons (Fsp3) is 1.00. The van der Waals surface area contributed by atoms with Gasteiger partial charge < -0.3 is 10.2 Å². The zero-order chi connectivity index (χ0) is 11.2. The third-order valence-electron chi connectivity index (χ3n) is 3.77. The van der Waals surface area contributed by atoms with Crippen LogP contribution in [0.2, 0.25) is 0 Å². The first-order chi connectivity index (χ1) is 7.88. The average Bonchev–Trinajstić information content (AvgIpc) is 2.91. The van der Waals surface area contributed by atoms with Gasteiger partial charge in [-0.1, -0.05) is 6.92 Å². The molecule has 0 aromatic heterocycles. The van der Waals surface area contributed by atoms with Gasteiger partial charge in [0.25, 0.3) is 0 Å². The van der Waals surface area contributed by atoms with Crippen molar-refractivity contribution < 1.29 is 0 Å².